The molecule has 0 heterocycles. The second-order valence-corrected chi connectivity index (χ2v) is 15.7. The summed E-state index contributed by atoms with van der Waals surface area (Å²) in [4.78, 5) is 34.8. The number of allylic oxidation sites excluding steroid dienone is 10. The zero-order valence-electron chi connectivity index (χ0n) is 34.9. The molecular formula is C45H80NO8P. The number of nitrogens with two attached hydrogens (primary N) is 1. The Labute approximate surface area is 336 Å². The molecule has 0 aromatic rings. The first-order chi connectivity index (χ1) is 26.8. The van der Waals surface area contributed by atoms with E-state index in [1.807, 2.05) is 12.2 Å². The number of unbranched alkanes of at least 4 members (excludes halogenated alkanes) is 17. The largest absolute Gasteiger partial charge is 0.472 e. The Morgan fingerprint density at radius 1 is 0.545 bits per heavy atom. The third-order valence-electron chi connectivity index (χ3n) is 8.92. The third-order valence-corrected chi connectivity index (χ3v) is 9.90. The van der Waals surface area contributed by atoms with Gasteiger partial charge in [-0.15, -0.1) is 0 Å². The normalized spacial score (nSPS) is 13.9. The summed E-state index contributed by atoms with van der Waals surface area (Å²) in [6.07, 6.45) is 48.3. The van der Waals surface area contributed by atoms with E-state index in [-0.39, 0.29) is 32.6 Å². The number of hydrogen-bond acceptors (Lipinski definition) is 8. The molecule has 10 heteroatoms. The predicted octanol–water partition coefficient (Wildman–Crippen LogP) is 12.5. The highest BCUT2D eigenvalue weighted by Crippen LogP contribution is 2.43. The number of phosphoric acid groups is 1. The Morgan fingerprint density at radius 2 is 0.982 bits per heavy atom. The van der Waals surface area contributed by atoms with Crippen molar-refractivity contribution in [2.45, 2.75) is 187 Å². The highest BCUT2D eigenvalue weighted by atomic mass is 31.2. The summed E-state index contributed by atoms with van der Waals surface area (Å²) in [7, 11) is -4.40. The van der Waals surface area contributed by atoms with Gasteiger partial charge in [-0.05, 0) is 51.4 Å². The van der Waals surface area contributed by atoms with Crippen LogP contribution in [0.2, 0.25) is 0 Å². The van der Waals surface area contributed by atoms with Gasteiger partial charge >= 0.3 is 19.8 Å². The van der Waals surface area contributed by atoms with Gasteiger partial charge in [-0.25, -0.2) is 4.57 Å². The lowest BCUT2D eigenvalue weighted by atomic mass is 10.0. The molecule has 2 atom stereocenters. The first kappa shape index (κ1) is 52.7. The van der Waals surface area contributed by atoms with Gasteiger partial charge in [0.1, 0.15) is 6.61 Å². The SMILES string of the molecule is CCCCC/C=C\C/C=C\C/C=C\C/C=C\C/C=C\CCC(=O)O[C@H](COC(=O)CCCCCCCCCCCCCCCCC)COP(=O)(O)OCCN. The Morgan fingerprint density at radius 3 is 1.47 bits per heavy atom. The highest BCUT2D eigenvalue weighted by molar-refractivity contribution is 7.47. The molecule has 0 aliphatic rings. The van der Waals surface area contributed by atoms with Gasteiger partial charge in [-0.1, -0.05) is 177 Å². The van der Waals surface area contributed by atoms with Gasteiger partial charge in [0.15, 0.2) is 6.10 Å². The van der Waals surface area contributed by atoms with Crippen LogP contribution in [-0.2, 0) is 32.7 Å². The van der Waals surface area contributed by atoms with Gasteiger partial charge in [0.2, 0.25) is 0 Å². The molecule has 318 valence electrons. The molecule has 0 saturated heterocycles. The van der Waals surface area contributed by atoms with Gasteiger partial charge in [-0.2, -0.15) is 0 Å². The van der Waals surface area contributed by atoms with Gasteiger partial charge in [0.05, 0.1) is 13.2 Å². The number of phosphoric ester groups is 1. The van der Waals surface area contributed by atoms with Crippen molar-refractivity contribution in [2.75, 3.05) is 26.4 Å². The highest BCUT2D eigenvalue weighted by Gasteiger charge is 2.25. The molecule has 0 spiro atoms. The van der Waals surface area contributed by atoms with Crippen molar-refractivity contribution in [2.24, 2.45) is 5.73 Å². The molecule has 0 bridgehead atoms. The fraction of sp³-hybridized carbons (Fsp3) is 0.733. The van der Waals surface area contributed by atoms with Crippen molar-refractivity contribution < 1.29 is 37.6 Å². The smallest absolute Gasteiger partial charge is 0.462 e. The molecule has 3 N–H and O–H groups in total. The van der Waals surface area contributed by atoms with Crippen LogP contribution >= 0.6 is 7.82 Å². The molecule has 0 aliphatic heterocycles. The molecule has 1 unspecified atom stereocenters. The topological polar surface area (TPSA) is 134 Å². The average molecular weight is 794 g/mol. The van der Waals surface area contributed by atoms with Crippen molar-refractivity contribution in [1.82, 2.24) is 0 Å². The van der Waals surface area contributed by atoms with E-state index >= 15 is 0 Å². The zero-order chi connectivity index (χ0) is 40.3. The summed E-state index contributed by atoms with van der Waals surface area (Å²) < 4.78 is 32.7. The quantitative estimate of drug-likeness (QED) is 0.0269. The van der Waals surface area contributed by atoms with Crippen molar-refractivity contribution in [3.8, 4) is 0 Å². The molecule has 0 aromatic carbocycles. The van der Waals surface area contributed by atoms with Crippen molar-refractivity contribution in [3.05, 3.63) is 60.8 Å². The molecule has 0 radical (unpaired) electrons. The Bertz CT molecular complexity index is 1090. The summed E-state index contributed by atoms with van der Waals surface area (Å²) in [5, 5.41) is 0. The summed E-state index contributed by atoms with van der Waals surface area (Å²) in [6.45, 7) is 3.62. The first-order valence-corrected chi connectivity index (χ1v) is 23.3. The lowest BCUT2D eigenvalue weighted by molar-refractivity contribution is -0.161. The van der Waals surface area contributed by atoms with Gasteiger partial charge in [-0.3, -0.25) is 18.6 Å². The Balaban J connectivity index is 4.29. The average Bonchev–Trinajstić information content (AvgIpc) is 3.17. The number of hydrogen-bond donors (Lipinski definition) is 2. The van der Waals surface area contributed by atoms with Crippen molar-refractivity contribution in [1.29, 1.82) is 0 Å². The van der Waals surface area contributed by atoms with Crippen LogP contribution in [0.3, 0.4) is 0 Å². The molecule has 9 nitrogen and oxygen atoms in total. The molecule has 0 rings (SSSR count). The van der Waals surface area contributed by atoms with Gasteiger partial charge in [0.25, 0.3) is 0 Å². The maximum Gasteiger partial charge on any atom is 0.472 e. The molecule has 55 heavy (non-hydrogen) atoms. The second-order valence-electron chi connectivity index (χ2n) is 14.2. The molecule has 0 saturated carbocycles. The van der Waals surface area contributed by atoms with Crippen LogP contribution in [0, 0.1) is 0 Å². The maximum absolute atomic E-state index is 12.5. The second kappa shape index (κ2) is 41.3. The maximum atomic E-state index is 12.5. The molecule has 0 amide bonds. The summed E-state index contributed by atoms with van der Waals surface area (Å²) in [5.41, 5.74) is 5.34. The third kappa shape index (κ3) is 41.2. The summed E-state index contributed by atoms with van der Waals surface area (Å²) >= 11 is 0. The number of carbonyl (C=O) groups excluding carboxylic acids is 2. The zero-order valence-corrected chi connectivity index (χ0v) is 35.8. The van der Waals surface area contributed by atoms with E-state index in [0.29, 0.717) is 6.42 Å². The van der Waals surface area contributed by atoms with Crippen LogP contribution in [0.1, 0.15) is 181 Å². The number of ether oxygens (including phenoxy) is 2. The monoisotopic (exact) mass is 794 g/mol. The van der Waals surface area contributed by atoms with Crippen LogP contribution in [0.4, 0.5) is 0 Å². The van der Waals surface area contributed by atoms with Crippen molar-refractivity contribution in [3.63, 3.8) is 0 Å². The summed E-state index contributed by atoms with van der Waals surface area (Å²) in [6, 6.07) is 0. The minimum atomic E-state index is -4.40. The number of rotatable bonds is 40. The lowest BCUT2D eigenvalue weighted by Crippen LogP contribution is -2.29. The molecule has 0 aromatic heterocycles. The molecule has 0 fully saturated rings. The van der Waals surface area contributed by atoms with Crippen molar-refractivity contribution >= 4 is 19.8 Å². The first-order valence-electron chi connectivity index (χ1n) is 21.8. The minimum Gasteiger partial charge on any atom is -0.462 e. The molecular weight excluding hydrogens is 713 g/mol. The number of esters is 2. The van der Waals surface area contributed by atoms with E-state index < -0.39 is 32.5 Å². The fourth-order valence-corrected chi connectivity index (χ4v) is 6.44. The minimum absolute atomic E-state index is 0.0409. The van der Waals surface area contributed by atoms with E-state index in [1.54, 1.807) is 0 Å². The van der Waals surface area contributed by atoms with E-state index in [4.69, 9.17) is 24.3 Å². The van der Waals surface area contributed by atoms with Crippen LogP contribution in [0.15, 0.2) is 60.8 Å². The van der Waals surface area contributed by atoms with E-state index in [1.165, 1.54) is 103 Å². The Kier molecular flexibility index (Phi) is 39.6. The van der Waals surface area contributed by atoms with Gasteiger partial charge in [0, 0.05) is 19.4 Å². The van der Waals surface area contributed by atoms with Crippen LogP contribution in [0.5, 0.6) is 0 Å². The van der Waals surface area contributed by atoms with Crippen LogP contribution in [0.25, 0.3) is 0 Å². The fourth-order valence-electron chi connectivity index (χ4n) is 5.68. The van der Waals surface area contributed by atoms with E-state index in [9.17, 15) is 19.0 Å². The van der Waals surface area contributed by atoms with Crippen LogP contribution in [-0.4, -0.2) is 49.3 Å². The van der Waals surface area contributed by atoms with E-state index in [0.717, 1.165) is 44.9 Å². The predicted molar refractivity (Wildman–Crippen MR) is 229 cm³/mol. The lowest BCUT2D eigenvalue weighted by Gasteiger charge is -2.19. The van der Waals surface area contributed by atoms with Gasteiger partial charge < -0.3 is 20.1 Å². The molecule has 0 aliphatic carbocycles. The number of carbonyl (C=O) groups is 2. The summed E-state index contributed by atoms with van der Waals surface area (Å²) in [5.74, 6) is -0.924. The Hall–Kier alpha value is -2.29. The standard InChI is InChI=1S/C45H80NO8P/c1-3-5-7-9-11-13-15-17-19-20-21-22-24-26-28-30-32-34-36-38-45(48)54-43(42-53-55(49,50)52-40-39-46)41-51-44(47)37-35-33-31-29-27-25-23-18-16-14-12-10-8-6-4-2/h11,13,17,19,21-22,26,28,32,34,43H,3-10,12,14-16,18,20,23-25,27,29-31,33,35-42,46H2,1-2H3,(H,49,50)/b13-11-,19-17-,22-21-,28-26-,34-32-/t43-/m1/s1. The van der Waals surface area contributed by atoms with E-state index in [2.05, 4.69) is 62.5 Å². The van der Waals surface area contributed by atoms with Crippen LogP contribution < -0.4 is 5.73 Å².